The third-order valence-electron chi connectivity index (χ3n) is 5.20. The molecule has 0 aliphatic carbocycles. The minimum Gasteiger partial charge on any atom is -0.342 e. The molecule has 0 fully saturated rings. The van der Waals surface area contributed by atoms with E-state index in [-0.39, 0.29) is 21.8 Å². The number of rotatable bonds is 4. The lowest BCUT2D eigenvalue weighted by Crippen LogP contribution is -2.33. The Morgan fingerprint density at radius 3 is 1.37 bits per heavy atom. The fourth-order valence-electron chi connectivity index (χ4n) is 3.74. The molecule has 0 radical (unpaired) electrons. The van der Waals surface area contributed by atoms with Gasteiger partial charge in [0.25, 0.3) is 0 Å². The quantitative estimate of drug-likeness (QED) is 0.495. The zero-order chi connectivity index (χ0) is 20.8. The van der Waals surface area contributed by atoms with Gasteiger partial charge in [0, 0.05) is 25.5 Å². The van der Waals surface area contributed by atoms with Crippen LogP contribution < -0.4 is 20.5 Å². The summed E-state index contributed by atoms with van der Waals surface area (Å²) in [7, 11) is 3.57. The van der Waals surface area contributed by atoms with Crippen molar-refractivity contribution in [2.24, 2.45) is 10.3 Å². The van der Waals surface area contributed by atoms with Crippen molar-refractivity contribution >= 4 is 34.7 Å². The van der Waals surface area contributed by atoms with Crippen LogP contribution in [-0.4, -0.2) is 26.0 Å². The van der Waals surface area contributed by atoms with Crippen LogP contribution in [0.15, 0.2) is 71.0 Å². The average Bonchev–Trinajstić information content (AvgIpc) is 3.36. The van der Waals surface area contributed by atoms with Gasteiger partial charge in [0.05, 0.1) is 11.4 Å². The van der Waals surface area contributed by atoms with Crippen LogP contribution in [0.25, 0.3) is 0 Å². The smallest absolute Gasteiger partial charge is 0.342 e. The maximum Gasteiger partial charge on any atom is 0.370 e. The predicted molar refractivity (Wildman–Crippen MR) is 109 cm³/mol. The summed E-state index contributed by atoms with van der Waals surface area (Å²) in [5.41, 5.74) is 2.91. The molecule has 5 rings (SSSR count). The number of fused-ring (bicyclic) bond motifs is 2. The zero-order valence-electron chi connectivity index (χ0n) is 16.2. The molecular formula is C22H16N4O4. The van der Waals surface area contributed by atoms with Gasteiger partial charge in [-0.1, -0.05) is 46.7 Å². The Balaban J connectivity index is 1.83. The van der Waals surface area contributed by atoms with Crippen molar-refractivity contribution in [3.63, 3.8) is 0 Å². The first-order valence-corrected chi connectivity index (χ1v) is 9.24. The van der Waals surface area contributed by atoms with E-state index in [1.165, 1.54) is 0 Å². The van der Waals surface area contributed by atoms with Crippen molar-refractivity contribution in [3.8, 4) is 0 Å². The molecule has 0 N–H and O–H groups in total. The maximum atomic E-state index is 12.7. The summed E-state index contributed by atoms with van der Waals surface area (Å²) >= 11 is 0. The van der Waals surface area contributed by atoms with E-state index in [1.54, 1.807) is 23.9 Å². The van der Waals surface area contributed by atoms with Gasteiger partial charge in [0.1, 0.15) is 21.8 Å². The molecule has 0 bridgehead atoms. The maximum absolute atomic E-state index is 12.7. The Labute approximate surface area is 171 Å². The van der Waals surface area contributed by atoms with Gasteiger partial charge in [-0.25, -0.2) is 9.59 Å². The fraction of sp³-hybridized carbons (Fsp3) is 0.0909. The monoisotopic (exact) mass is 400 g/mol. The Hall–Kier alpha value is -4.20. The van der Waals surface area contributed by atoms with E-state index >= 15 is 0 Å². The van der Waals surface area contributed by atoms with Crippen LogP contribution >= 0.6 is 0 Å². The normalized spacial score (nSPS) is 13.5. The van der Waals surface area contributed by atoms with Crippen LogP contribution in [0, 0.1) is 0 Å². The second kappa shape index (κ2) is 6.70. The van der Waals surface area contributed by atoms with Gasteiger partial charge >= 0.3 is 11.9 Å². The molecule has 0 unspecified atom stereocenters. The van der Waals surface area contributed by atoms with E-state index < -0.39 is 11.9 Å². The molecule has 0 amide bonds. The van der Waals surface area contributed by atoms with Crippen molar-refractivity contribution in [2.45, 2.75) is 0 Å². The van der Waals surface area contributed by atoms with Gasteiger partial charge in [-0.3, -0.25) is 0 Å². The molecule has 30 heavy (non-hydrogen) atoms. The zero-order valence-corrected chi connectivity index (χ0v) is 16.2. The number of hydrogen-bond acceptors (Lipinski definition) is 8. The molecule has 0 spiro atoms. The van der Waals surface area contributed by atoms with Crippen molar-refractivity contribution in [1.29, 1.82) is 0 Å². The van der Waals surface area contributed by atoms with Crippen LogP contribution in [0.3, 0.4) is 0 Å². The summed E-state index contributed by atoms with van der Waals surface area (Å²) in [5.74, 6) is -1.22. The average molecular weight is 400 g/mol. The highest BCUT2D eigenvalue weighted by Gasteiger charge is 2.37. The number of hydrogen-bond donors (Lipinski definition) is 0. The van der Waals surface area contributed by atoms with E-state index in [0.29, 0.717) is 11.4 Å². The Bertz CT molecular complexity index is 1200. The minimum absolute atomic E-state index is 0.236. The van der Waals surface area contributed by atoms with Gasteiger partial charge in [0.15, 0.2) is 0 Å². The molecule has 3 aromatic rings. The standard InChI is InChI=1S/C22H16N4O4/c1-25(13-9-5-3-6-10-13)19-15-18(24-29-21(15)27)20(16-17(19)23-30-22(16)28)26(2)14-11-7-4-8-12-14/h3-12H,1-2H3. The molecule has 2 heterocycles. The lowest BCUT2D eigenvalue weighted by atomic mass is 10.0. The third-order valence-corrected chi connectivity index (χ3v) is 5.20. The van der Waals surface area contributed by atoms with E-state index in [1.807, 2.05) is 60.7 Å². The molecule has 148 valence electrons. The van der Waals surface area contributed by atoms with Crippen molar-refractivity contribution in [1.82, 2.24) is 0 Å². The highest BCUT2D eigenvalue weighted by molar-refractivity contribution is 6.05. The molecule has 2 aliphatic heterocycles. The Morgan fingerprint density at radius 1 is 0.633 bits per heavy atom. The predicted octanol–water partition coefficient (Wildman–Crippen LogP) is 2.63. The second-order valence-corrected chi connectivity index (χ2v) is 6.87. The first kappa shape index (κ1) is 17.9. The summed E-state index contributed by atoms with van der Waals surface area (Å²) in [6.07, 6.45) is 0. The molecule has 0 saturated carbocycles. The summed E-state index contributed by atoms with van der Waals surface area (Å²) in [4.78, 5) is 39.0. The van der Waals surface area contributed by atoms with E-state index in [4.69, 9.17) is 9.68 Å². The van der Waals surface area contributed by atoms with Gasteiger partial charge in [-0.05, 0) is 24.3 Å². The largest absolute Gasteiger partial charge is 0.370 e. The van der Waals surface area contributed by atoms with Gasteiger partial charge < -0.3 is 19.5 Å². The molecule has 3 aromatic carbocycles. The van der Waals surface area contributed by atoms with Crippen LogP contribution in [0.5, 0.6) is 0 Å². The first-order chi connectivity index (χ1) is 14.6. The number of benzene rings is 3. The molecule has 8 nitrogen and oxygen atoms in total. The summed E-state index contributed by atoms with van der Waals surface area (Å²) in [5, 5.41) is 8.57. The number of carbonyl (C=O) groups is 2. The van der Waals surface area contributed by atoms with Crippen LogP contribution in [0.2, 0.25) is 0 Å². The van der Waals surface area contributed by atoms with Crippen molar-refractivity contribution in [2.75, 3.05) is 23.9 Å². The molecule has 2 aliphatic rings. The van der Waals surface area contributed by atoms with E-state index in [9.17, 15) is 9.59 Å². The van der Waals surface area contributed by atoms with Crippen molar-refractivity contribution in [3.05, 3.63) is 82.5 Å². The lowest BCUT2D eigenvalue weighted by molar-refractivity contribution is 0.0540. The van der Waals surface area contributed by atoms with E-state index in [0.717, 1.165) is 11.4 Å². The van der Waals surface area contributed by atoms with E-state index in [2.05, 4.69) is 10.3 Å². The lowest BCUT2D eigenvalue weighted by Gasteiger charge is -2.24. The first-order valence-electron chi connectivity index (χ1n) is 9.24. The minimum atomic E-state index is -0.608. The highest BCUT2D eigenvalue weighted by Crippen LogP contribution is 2.32. The summed E-state index contributed by atoms with van der Waals surface area (Å²) < 4.78 is 0. The van der Waals surface area contributed by atoms with Crippen LogP contribution in [0.1, 0.15) is 20.7 Å². The van der Waals surface area contributed by atoms with Crippen molar-refractivity contribution < 1.29 is 19.3 Å². The molecule has 0 saturated heterocycles. The fourth-order valence-corrected chi connectivity index (χ4v) is 3.74. The van der Waals surface area contributed by atoms with Gasteiger partial charge in [0.2, 0.25) is 0 Å². The molecule has 0 aromatic heterocycles. The van der Waals surface area contributed by atoms with Crippen LogP contribution in [-0.2, 0) is 9.68 Å². The molecule has 0 atom stereocenters. The SMILES string of the molecule is CN(c1ccccc1)c1c2c(c(N(C)c3ccccc3)c3c1=NOC3=O)=NOC2=O. The number of carbonyl (C=O) groups excluding carboxylic acids is 2. The number of para-hydroxylation sites is 2. The second-order valence-electron chi connectivity index (χ2n) is 6.87. The summed E-state index contributed by atoms with van der Waals surface area (Å²) in [6.45, 7) is 0. The Morgan fingerprint density at radius 2 is 1.00 bits per heavy atom. The molecule has 8 heteroatoms. The molecular weight excluding hydrogens is 384 g/mol. The third kappa shape index (κ3) is 2.54. The topological polar surface area (TPSA) is 83.8 Å². The van der Waals surface area contributed by atoms with Gasteiger partial charge in [-0.15, -0.1) is 0 Å². The number of anilines is 4. The van der Waals surface area contributed by atoms with Crippen LogP contribution in [0.4, 0.5) is 22.7 Å². The number of nitrogens with zero attached hydrogens (tertiary/aromatic N) is 4. The summed E-state index contributed by atoms with van der Waals surface area (Å²) in [6, 6.07) is 18.9. The Kier molecular flexibility index (Phi) is 3.99. The van der Waals surface area contributed by atoms with Gasteiger partial charge in [-0.2, -0.15) is 0 Å². The highest BCUT2D eigenvalue weighted by atomic mass is 16.7.